The van der Waals surface area contributed by atoms with Crippen LogP contribution in [0.15, 0.2) is 42.5 Å². The maximum atomic E-state index is 10.6. The number of nitrogens with zero attached hydrogens (tertiary/aromatic N) is 1. The van der Waals surface area contributed by atoms with E-state index in [-0.39, 0.29) is 5.69 Å². The molecule has 1 unspecified atom stereocenters. The van der Waals surface area contributed by atoms with E-state index in [4.69, 9.17) is 9.47 Å². The summed E-state index contributed by atoms with van der Waals surface area (Å²) < 4.78 is 10.3. The largest absolute Gasteiger partial charge is 0.493 e. The van der Waals surface area contributed by atoms with Gasteiger partial charge >= 0.3 is 0 Å². The van der Waals surface area contributed by atoms with Crippen LogP contribution in [0.25, 0.3) is 0 Å². The van der Waals surface area contributed by atoms with E-state index >= 15 is 0 Å². The highest BCUT2D eigenvalue weighted by Gasteiger charge is 2.15. The van der Waals surface area contributed by atoms with Crippen molar-refractivity contribution in [3.8, 4) is 11.5 Å². The van der Waals surface area contributed by atoms with E-state index in [9.17, 15) is 15.2 Å². The third kappa shape index (κ3) is 3.11. The van der Waals surface area contributed by atoms with Crippen molar-refractivity contribution >= 4 is 5.69 Å². The molecule has 6 nitrogen and oxygen atoms in total. The first-order valence-electron chi connectivity index (χ1n) is 6.21. The Bertz CT molecular complexity index is 639. The zero-order valence-corrected chi connectivity index (χ0v) is 11.6. The van der Waals surface area contributed by atoms with Crippen molar-refractivity contribution in [1.29, 1.82) is 0 Å². The smallest absolute Gasteiger partial charge is 0.269 e. The van der Waals surface area contributed by atoms with Gasteiger partial charge in [-0.05, 0) is 35.4 Å². The lowest BCUT2D eigenvalue weighted by Gasteiger charge is -2.14. The first-order chi connectivity index (χ1) is 10.1. The molecule has 0 radical (unpaired) electrons. The summed E-state index contributed by atoms with van der Waals surface area (Å²) in [5, 5.41) is 21.0. The average Bonchev–Trinajstić information content (AvgIpc) is 2.53. The van der Waals surface area contributed by atoms with Gasteiger partial charge in [0, 0.05) is 12.1 Å². The van der Waals surface area contributed by atoms with Crippen LogP contribution in [-0.2, 0) is 0 Å². The third-order valence-corrected chi connectivity index (χ3v) is 3.14. The van der Waals surface area contributed by atoms with E-state index < -0.39 is 11.0 Å². The molecule has 1 atom stereocenters. The highest BCUT2D eigenvalue weighted by Crippen LogP contribution is 2.32. The molecular formula is C15H15NO5. The number of hydrogen-bond donors (Lipinski definition) is 1. The van der Waals surface area contributed by atoms with Crippen LogP contribution in [0, 0.1) is 10.1 Å². The third-order valence-electron chi connectivity index (χ3n) is 3.14. The SMILES string of the molecule is COc1ccc(C(O)c2ccc([N+](=O)[O-])cc2)cc1OC. The molecule has 0 aliphatic rings. The van der Waals surface area contributed by atoms with Crippen LogP contribution in [-0.4, -0.2) is 24.2 Å². The Hall–Kier alpha value is -2.60. The first kappa shape index (κ1) is 14.8. The van der Waals surface area contributed by atoms with Crippen LogP contribution in [0.2, 0.25) is 0 Å². The summed E-state index contributed by atoms with van der Waals surface area (Å²) >= 11 is 0. The number of aliphatic hydroxyl groups is 1. The molecule has 110 valence electrons. The predicted octanol–water partition coefficient (Wildman–Crippen LogP) is 2.69. The fraction of sp³-hybridized carbons (Fsp3) is 0.200. The Morgan fingerprint density at radius 1 is 1.00 bits per heavy atom. The van der Waals surface area contributed by atoms with Gasteiger partial charge in [0.15, 0.2) is 11.5 Å². The van der Waals surface area contributed by atoms with E-state index in [1.807, 2.05) is 0 Å². The first-order valence-corrected chi connectivity index (χ1v) is 6.21. The van der Waals surface area contributed by atoms with Crippen molar-refractivity contribution in [2.75, 3.05) is 14.2 Å². The number of hydrogen-bond acceptors (Lipinski definition) is 5. The van der Waals surface area contributed by atoms with Gasteiger partial charge in [-0.25, -0.2) is 0 Å². The summed E-state index contributed by atoms with van der Waals surface area (Å²) in [4.78, 5) is 10.1. The molecule has 6 heteroatoms. The summed E-state index contributed by atoms with van der Waals surface area (Å²) in [6, 6.07) is 10.9. The van der Waals surface area contributed by atoms with Crippen molar-refractivity contribution < 1.29 is 19.5 Å². The molecule has 0 aliphatic carbocycles. The molecule has 0 amide bonds. The molecule has 2 rings (SSSR count). The van der Waals surface area contributed by atoms with Gasteiger partial charge in [0.05, 0.1) is 19.1 Å². The Labute approximate surface area is 121 Å². The van der Waals surface area contributed by atoms with Gasteiger partial charge in [0.2, 0.25) is 0 Å². The van der Waals surface area contributed by atoms with E-state index in [1.54, 1.807) is 18.2 Å². The lowest BCUT2D eigenvalue weighted by Crippen LogP contribution is -2.01. The molecule has 0 saturated carbocycles. The fourth-order valence-electron chi connectivity index (χ4n) is 1.99. The topological polar surface area (TPSA) is 81.8 Å². The van der Waals surface area contributed by atoms with Gasteiger partial charge in [-0.1, -0.05) is 6.07 Å². The minimum absolute atomic E-state index is 0.0155. The maximum Gasteiger partial charge on any atom is 0.269 e. The zero-order valence-electron chi connectivity index (χ0n) is 11.6. The van der Waals surface area contributed by atoms with Crippen LogP contribution in [0.1, 0.15) is 17.2 Å². The molecule has 0 bridgehead atoms. The van der Waals surface area contributed by atoms with Gasteiger partial charge in [0.25, 0.3) is 5.69 Å². The molecular weight excluding hydrogens is 274 g/mol. The van der Waals surface area contributed by atoms with Crippen molar-refractivity contribution in [3.05, 3.63) is 63.7 Å². The monoisotopic (exact) mass is 289 g/mol. The Morgan fingerprint density at radius 2 is 1.57 bits per heavy atom. The normalized spacial score (nSPS) is 11.8. The number of benzene rings is 2. The Kier molecular flexibility index (Phi) is 4.39. The van der Waals surface area contributed by atoms with Crippen molar-refractivity contribution in [3.63, 3.8) is 0 Å². The van der Waals surface area contributed by atoms with Gasteiger partial charge in [-0.2, -0.15) is 0 Å². The molecule has 0 aromatic heterocycles. The van der Waals surface area contributed by atoms with Crippen molar-refractivity contribution in [2.45, 2.75) is 6.10 Å². The number of nitro benzene ring substituents is 1. The molecule has 0 heterocycles. The summed E-state index contributed by atoms with van der Waals surface area (Å²) in [5.74, 6) is 1.08. The molecule has 1 N–H and O–H groups in total. The van der Waals surface area contributed by atoms with Crippen LogP contribution >= 0.6 is 0 Å². The average molecular weight is 289 g/mol. The quantitative estimate of drug-likeness (QED) is 0.676. The second-order valence-corrected chi connectivity index (χ2v) is 4.37. The van der Waals surface area contributed by atoms with Crippen LogP contribution in [0.3, 0.4) is 0 Å². The Balaban J connectivity index is 2.30. The number of aliphatic hydroxyl groups excluding tert-OH is 1. The van der Waals surface area contributed by atoms with E-state index in [2.05, 4.69) is 0 Å². The summed E-state index contributed by atoms with van der Waals surface area (Å²) in [6.07, 6.45) is -0.898. The number of ether oxygens (including phenoxy) is 2. The highest BCUT2D eigenvalue weighted by molar-refractivity contribution is 5.46. The minimum atomic E-state index is -0.898. The van der Waals surface area contributed by atoms with E-state index in [0.29, 0.717) is 22.6 Å². The second kappa shape index (κ2) is 6.23. The Morgan fingerprint density at radius 3 is 2.10 bits per heavy atom. The van der Waals surface area contributed by atoms with Gasteiger partial charge in [0.1, 0.15) is 6.10 Å². The molecule has 0 fully saturated rings. The standard InChI is InChI=1S/C15H15NO5/c1-20-13-8-5-11(9-14(13)21-2)15(17)10-3-6-12(7-4-10)16(18)19/h3-9,15,17H,1-2H3. The lowest BCUT2D eigenvalue weighted by molar-refractivity contribution is -0.384. The minimum Gasteiger partial charge on any atom is -0.493 e. The van der Waals surface area contributed by atoms with Gasteiger partial charge in [-0.15, -0.1) is 0 Å². The maximum absolute atomic E-state index is 10.6. The molecule has 2 aromatic carbocycles. The zero-order chi connectivity index (χ0) is 15.4. The second-order valence-electron chi connectivity index (χ2n) is 4.37. The molecule has 0 aliphatic heterocycles. The van der Waals surface area contributed by atoms with Gasteiger partial charge in [-0.3, -0.25) is 10.1 Å². The predicted molar refractivity (Wildman–Crippen MR) is 76.7 cm³/mol. The summed E-state index contributed by atoms with van der Waals surface area (Å²) in [5.41, 5.74) is 1.16. The highest BCUT2D eigenvalue weighted by atomic mass is 16.6. The van der Waals surface area contributed by atoms with Crippen LogP contribution in [0.4, 0.5) is 5.69 Å². The van der Waals surface area contributed by atoms with Crippen LogP contribution < -0.4 is 9.47 Å². The fourth-order valence-corrected chi connectivity index (χ4v) is 1.99. The number of non-ortho nitro benzene ring substituents is 1. The molecule has 21 heavy (non-hydrogen) atoms. The molecule has 0 spiro atoms. The van der Waals surface area contributed by atoms with E-state index in [1.165, 1.54) is 38.5 Å². The van der Waals surface area contributed by atoms with Crippen molar-refractivity contribution in [2.24, 2.45) is 0 Å². The number of methoxy groups -OCH3 is 2. The number of nitro groups is 1. The van der Waals surface area contributed by atoms with E-state index in [0.717, 1.165) is 0 Å². The lowest BCUT2D eigenvalue weighted by atomic mass is 10.0. The number of rotatable bonds is 5. The summed E-state index contributed by atoms with van der Waals surface area (Å²) in [6.45, 7) is 0. The molecule has 2 aromatic rings. The molecule has 0 saturated heterocycles. The van der Waals surface area contributed by atoms with Crippen LogP contribution in [0.5, 0.6) is 11.5 Å². The summed E-state index contributed by atoms with van der Waals surface area (Å²) in [7, 11) is 3.05. The van der Waals surface area contributed by atoms with Gasteiger partial charge < -0.3 is 14.6 Å². The van der Waals surface area contributed by atoms with Crippen molar-refractivity contribution in [1.82, 2.24) is 0 Å².